The first-order valence-electron chi connectivity index (χ1n) is 6.22. The van der Waals surface area contributed by atoms with Crippen LogP contribution in [0.15, 0.2) is 18.3 Å². The molecule has 0 spiro atoms. The Morgan fingerprint density at radius 2 is 2.38 bits per heavy atom. The molecule has 2 N–H and O–H groups in total. The zero-order chi connectivity index (χ0) is 11.1. The quantitative estimate of drug-likeness (QED) is 0.824. The van der Waals surface area contributed by atoms with Gasteiger partial charge in [-0.05, 0) is 49.8 Å². The van der Waals surface area contributed by atoms with Gasteiger partial charge in [-0.25, -0.2) is 4.98 Å². The lowest BCUT2D eigenvalue weighted by Crippen LogP contribution is -2.32. The van der Waals surface area contributed by atoms with Crippen LogP contribution in [0.5, 0.6) is 0 Å². The Hall–Kier alpha value is -1.09. The van der Waals surface area contributed by atoms with Crippen molar-refractivity contribution in [2.75, 3.05) is 11.4 Å². The molecule has 1 aromatic heterocycles. The summed E-state index contributed by atoms with van der Waals surface area (Å²) in [6, 6.07) is 5.01. The maximum atomic E-state index is 5.91. The summed E-state index contributed by atoms with van der Waals surface area (Å²) in [6.45, 7) is 3.22. The van der Waals surface area contributed by atoms with Gasteiger partial charge in [0.1, 0.15) is 5.82 Å². The van der Waals surface area contributed by atoms with Crippen molar-refractivity contribution in [3.05, 3.63) is 23.9 Å². The van der Waals surface area contributed by atoms with E-state index in [0.717, 1.165) is 17.8 Å². The number of hydrogen-bond acceptors (Lipinski definition) is 3. The summed E-state index contributed by atoms with van der Waals surface area (Å²) in [5.74, 6) is 2.03. The maximum Gasteiger partial charge on any atom is 0.129 e. The van der Waals surface area contributed by atoms with Crippen LogP contribution >= 0.6 is 0 Å². The number of pyridine rings is 1. The first-order chi connectivity index (χ1) is 7.74. The van der Waals surface area contributed by atoms with E-state index in [2.05, 4.69) is 16.0 Å². The largest absolute Gasteiger partial charge is 0.353 e. The second kappa shape index (κ2) is 3.74. The second-order valence-corrected chi connectivity index (χ2v) is 5.22. The lowest BCUT2D eigenvalue weighted by molar-refractivity contribution is 0.550. The molecule has 2 fully saturated rings. The molecule has 0 radical (unpaired) electrons. The van der Waals surface area contributed by atoms with Gasteiger partial charge in [-0.3, -0.25) is 0 Å². The zero-order valence-electron chi connectivity index (χ0n) is 9.76. The van der Waals surface area contributed by atoms with Crippen LogP contribution in [-0.4, -0.2) is 17.6 Å². The van der Waals surface area contributed by atoms with Gasteiger partial charge in [0, 0.05) is 24.8 Å². The Bertz CT molecular complexity index is 389. The molecule has 1 saturated carbocycles. The summed E-state index contributed by atoms with van der Waals surface area (Å²) in [4.78, 5) is 6.97. The molecule has 3 nitrogen and oxygen atoms in total. The summed E-state index contributed by atoms with van der Waals surface area (Å²) in [7, 11) is 0. The fourth-order valence-electron chi connectivity index (χ4n) is 3.08. The van der Waals surface area contributed by atoms with E-state index >= 15 is 0 Å². The normalized spacial score (nSPS) is 29.8. The van der Waals surface area contributed by atoms with Crippen molar-refractivity contribution in [1.82, 2.24) is 4.98 Å². The van der Waals surface area contributed by atoms with Gasteiger partial charge in [0.25, 0.3) is 0 Å². The Morgan fingerprint density at radius 3 is 3.00 bits per heavy atom. The molecule has 2 bridgehead atoms. The standard InChI is InChI=1S/C13H19N3/c1-9(14)11-4-5-15-13(7-11)16-8-10-2-3-12(16)6-10/h4-5,7,9-10,12H,2-3,6,8,14H2,1H3/t9-,10?,12?/m0/s1. The molecular formula is C13H19N3. The van der Waals surface area contributed by atoms with E-state index in [-0.39, 0.29) is 6.04 Å². The fourth-order valence-corrected chi connectivity index (χ4v) is 3.08. The second-order valence-electron chi connectivity index (χ2n) is 5.22. The minimum atomic E-state index is 0.0986. The van der Waals surface area contributed by atoms with Gasteiger partial charge >= 0.3 is 0 Å². The fraction of sp³-hybridized carbons (Fsp3) is 0.615. The zero-order valence-corrected chi connectivity index (χ0v) is 9.76. The van der Waals surface area contributed by atoms with Gasteiger partial charge in [-0.2, -0.15) is 0 Å². The minimum Gasteiger partial charge on any atom is -0.353 e. The van der Waals surface area contributed by atoms with Crippen LogP contribution in [0.3, 0.4) is 0 Å². The molecule has 2 aliphatic rings. The van der Waals surface area contributed by atoms with Crippen molar-refractivity contribution in [3.63, 3.8) is 0 Å². The van der Waals surface area contributed by atoms with Gasteiger partial charge in [0.2, 0.25) is 0 Å². The third-order valence-electron chi connectivity index (χ3n) is 4.00. The van der Waals surface area contributed by atoms with Crippen molar-refractivity contribution in [2.45, 2.75) is 38.3 Å². The SMILES string of the molecule is C[C@H](N)c1ccnc(N2CC3CCC2C3)c1. The molecule has 0 aromatic carbocycles. The summed E-state index contributed by atoms with van der Waals surface area (Å²) < 4.78 is 0. The van der Waals surface area contributed by atoms with Gasteiger partial charge < -0.3 is 10.6 Å². The summed E-state index contributed by atoms with van der Waals surface area (Å²) >= 11 is 0. The smallest absolute Gasteiger partial charge is 0.129 e. The van der Waals surface area contributed by atoms with Crippen LogP contribution in [0.1, 0.15) is 37.8 Å². The van der Waals surface area contributed by atoms with Crippen molar-refractivity contribution < 1.29 is 0 Å². The first kappa shape index (κ1) is 10.1. The average Bonchev–Trinajstić information content (AvgIpc) is 2.91. The number of nitrogens with zero attached hydrogens (tertiary/aromatic N) is 2. The minimum absolute atomic E-state index is 0.0986. The topological polar surface area (TPSA) is 42.1 Å². The Labute approximate surface area is 96.7 Å². The highest BCUT2D eigenvalue weighted by Gasteiger charge is 2.38. The molecular weight excluding hydrogens is 198 g/mol. The number of aromatic nitrogens is 1. The van der Waals surface area contributed by atoms with E-state index in [9.17, 15) is 0 Å². The van der Waals surface area contributed by atoms with Crippen LogP contribution in [0.25, 0.3) is 0 Å². The molecule has 3 atom stereocenters. The van der Waals surface area contributed by atoms with Crippen molar-refractivity contribution in [1.29, 1.82) is 0 Å². The summed E-state index contributed by atoms with van der Waals surface area (Å²) in [5, 5.41) is 0. The monoisotopic (exact) mass is 217 g/mol. The predicted octanol–water partition coefficient (Wildman–Crippen LogP) is 2.09. The van der Waals surface area contributed by atoms with Crippen LogP contribution in [0.2, 0.25) is 0 Å². The highest BCUT2D eigenvalue weighted by molar-refractivity contribution is 5.45. The molecule has 1 aliphatic heterocycles. The predicted molar refractivity (Wildman–Crippen MR) is 65.3 cm³/mol. The van der Waals surface area contributed by atoms with Crippen LogP contribution in [0.4, 0.5) is 5.82 Å². The van der Waals surface area contributed by atoms with Crippen LogP contribution < -0.4 is 10.6 Å². The van der Waals surface area contributed by atoms with Gasteiger partial charge in [0.05, 0.1) is 0 Å². The van der Waals surface area contributed by atoms with E-state index in [1.165, 1.54) is 31.4 Å². The molecule has 2 heterocycles. The molecule has 2 unspecified atom stereocenters. The van der Waals surface area contributed by atoms with E-state index in [1.54, 1.807) is 0 Å². The average molecular weight is 217 g/mol. The Kier molecular flexibility index (Phi) is 2.36. The van der Waals surface area contributed by atoms with Gasteiger partial charge in [-0.1, -0.05) is 0 Å². The maximum absolute atomic E-state index is 5.91. The molecule has 1 saturated heterocycles. The molecule has 0 amide bonds. The Morgan fingerprint density at radius 1 is 1.50 bits per heavy atom. The third kappa shape index (κ3) is 1.59. The highest BCUT2D eigenvalue weighted by Crippen LogP contribution is 2.39. The molecule has 86 valence electrons. The van der Waals surface area contributed by atoms with E-state index in [1.807, 2.05) is 19.2 Å². The first-order valence-corrected chi connectivity index (χ1v) is 6.22. The third-order valence-corrected chi connectivity index (χ3v) is 4.00. The lowest BCUT2D eigenvalue weighted by Gasteiger charge is -2.28. The van der Waals surface area contributed by atoms with E-state index in [0.29, 0.717) is 0 Å². The van der Waals surface area contributed by atoms with Crippen LogP contribution in [-0.2, 0) is 0 Å². The number of piperidine rings is 1. The number of fused-ring (bicyclic) bond motifs is 2. The number of hydrogen-bond donors (Lipinski definition) is 1. The van der Waals surface area contributed by atoms with Crippen molar-refractivity contribution in [3.8, 4) is 0 Å². The molecule has 1 aromatic rings. The number of nitrogens with two attached hydrogens (primary N) is 1. The van der Waals surface area contributed by atoms with Gasteiger partial charge in [-0.15, -0.1) is 0 Å². The summed E-state index contributed by atoms with van der Waals surface area (Å²) in [6.07, 6.45) is 6.01. The molecule has 3 rings (SSSR count). The Balaban J connectivity index is 1.86. The lowest BCUT2D eigenvalue weighted by atomic mass is 10.1. The highest BCUT2D eigenvalue weighted by atomic mass is 15.2. The molecule has 3 heteroatoms. The van der Waals surface area contributed by atoms with E-state index < -0.39 is 0 Å². The number of rotatable bonds is 2. The molecule has 16 heavy (non-hydrogen) atoms. The van der Waals surface area contributed by atoms with Crippen molar-refractivity contribution >= 4 is 5.82 Å². The summed E-state index contributed by atoms with van der Waals surface area (Å²) in [5.41, 5.74) is 7.10. The van der Waals surface area contributed by atoms with Crippen LogP contribution in [0, 0.1) is 5.92 Å². The van der Waals surface area contributed by atoms with E-state index in [4.69, 9.17) is 5.73 Å². The molecule has 1 aliphatic carbocycles. The van der Waals surface area contributed by atoms with Gasteiger partial charge in [0.15, 0.2) is 0 Å². The number of anilines is 1. The van der Waals surface area contributed by atoms with Crippen molar-refractivity contribution in [2.24, 2.45) is 11.7 Å².